The van der Waals surface area contributed by atoms with Gasteiger partial charge in [-0.2, -0.15) is 0 Å². The molecule has 1 aromatic carbocycles. The number of benzene rings is 1. The van der Waals surface area contributed by atoms with Crippen LogP contribution >= 0.6 is 11.6 Å². The van der Waals surface area contributed by atoms with E-state index in [0.29, 0.717) is 16.7 Å². The second-order valence-electron chi connectivity index (χ2n) is 5.66. The summed E-state index contributed by atoms with van der Waals surface area (Å²) in [6.45, 7) is 1.96. The van der Waals surface area contributed by atoms with Crippen molar-refractivity contribution in [1.82, 2.24) is 19.5 Å². The van der Waals surface area contributed by atoms with Crippen LogP contribution in [0.1, 0.15) is 18.8 Å². The SMILES string of the molecule is CC1=NC(c2nc(Nc3ccc(Cl)cc3)c3ncn(C)c3n2)C=C1. The van der Waals surface area contributed by atoms with Crippen molar-refractivity contribution in [3.05, 3.63) is 53.6 Å². The molecule has 1 aliphatic heterocycles. The Morgan fingerprint density at radius 3 is 2.67 bits per heavy atom. The largest absolute Gasteiger partial charge is 0.338 e. The molecule has 3 aromatic rings. The summed E-state index contributed by atoms with van der Waals surface area (Å²) in [5, 5.41) is 3.99. The summed E-state index contributed by atoms with van der Waals surface area (Å²) in [5.41, 5.74) is 3.35. The minimum absolute atomic E-state index is 0.157. The molecule has 3 heterocycles. The lowest BCUT2D eigenvalue weighted by molar-refractivity contribution is 0.820. The lowest BCUT2D eigenvalue weighted by Crippen LogP contribution is -2.05. The summed E-state index contributed by atoms with van der Waals surface area (Å²) in [5.74, 6) is 1.31. The second-order valence-corrected chi connectivity index (χ2v) is 6.10. The Bertz CT molecular complexity index is 971. The molecule has 24 heavy (non-hydrogen) atoms. The summed E-state index contributed by atoms with van der Waals surface area (Å²) < 4.78 is 1.88. The third kappa shape index (κ3) is 2.65. The summed E-state index contributed by atoms with van der Waals surface area (Å²) in [7, 11) is 1.91. The quantitative estimate of drug-likeness (QED) is 0.788. The first-order chi connectivity index (χ1) is 11.6. The highest BCUT2D eigenvalue weighted by Crippen LogP contribution is 2.27. The maximum Gasteiger partial charge on any atom is 0.165 e. The van der Waals surface area contributed by atoms with Crippen LogP contribution in [0.2, 0.25) is 5.02 Å². The molecular weight excluding hydrogens is 324 g/mol. The van der Waals surface area contributed by atoms with Gasteiger partial charge in [0, 0.05) is 23.5 Å². The number of nitrogens with one attached hydrogen (secondary N) is 1. The van der Waals surface area contributed by atoms with Crippen LogP contribution in [0.25, 0.3) is 11.2 Å². The first-order valence-corrected chi connectivity index (χ1v) is 7.92. The molecular formula is C17H15ClN6. The molecule has 0 aliphatic carbocycles. The normalized spacial score (nSPS) is 16.6. The van der Waals surface area contributed by atoms with Crippen molar-refractivity contribution < 1.29 is 0 Å². The molecule has 0 radical (unpaired) electrons. The van der Waals surface area contributed by atoms with Crippen LogP contribution in [0.15, 0.2) is 47.7 Å². The van der Waals surface area contributed by atoms with E-state index >= 15 is 0 Å². The van der Waals surface area contributed by atoms with E-state index in [4.69, 9.17) is 11.6 Å². The number of hydrogen-bond donors (Lipinski definition) is 1. The van der Waals surface area contributed by atoms with Gasteiger partial charge in [-0.05, 0) is 37.3 Å². The van der Waals surface area contributed by atoms with E-state index < -0.39 is 0 Å². The molecule has 7 heteroatoms. The van der Waals surface area contributed by atoms with Crippen LogP contribution in [0.5, 0.6) is 0 Å². The molecule has 0 saturated heterocycles. The monoisotopic (exact) mass is 338 g/mol. The number of nitrogens with zero attached hydrogens (tertiary/aromatic N) is 5. The Morgan fingerprint density at radius 1 is 1.17 bits per heavy atom. The Labute approximate surface area is 143 Å². The zero-order chi connectivity index (χ0) is 16.7. The van der Waals surface area contributed by atoms with Gasteiger partial charge in [-0.3, -0.25) is 4.99 Å². The minimum atomic E-state index is -0.157. The molecule has 6 nitrogen and oxygen atoms in total. The Balaban J connectivity index is 1.81. The number of fused-ring (bicyclic) bond motifs is 1. The predicted molar refractivity (Wildman–Crippen MR) is 96.0 cm³/mol. The molecule has 0 fully saturated rings. The van der Waals surface area contributed by atoms with Crippen molar-refractivity contribution in [3.63, 3.8) is 0 Å². The number of anilines is 2. The van der Waals surface area contributed by atoms with Gasteiger partial charge in [0.15, 0.2) is 22.8 Å². The second kappa shape index (κ2) is 5.72. The molecule has 2 aromatic heterocycles. The zero-order valence-corrected chi connectivity index (χ0v) is 14.0. The Kier molecular flexibility index (Phi) is 3.54. The fraction of sp³-hybridized carbons (Fsp3) is 0.176. The topological polar surface area (TPSA) is 68.0 Å². The van der Waals surface area contributed by atoms with Gasteiger partial charge in [0.2, 0.25) is 0 Å². The van der Waals surface area contributed by atoms with Crippen molar-refractivity contribution >= 4 is 40.0 Å². The third-order valence-electron chi connectivity index (χ3n) is 3.81. The van der Waals surface area contributed by atoms with E-state index in [1.807, 2.05) is 55.0 Å². The number of imidazole rings is 1. The maximum absolute atomic E-state index is 5.95. The predicted octanol–water partition coefficient (Wildman–Crippen LogP) is 3.83. The zero-order valence-electron chi connectivity index (χ0n) is 13.2. The first kappa shape index (κ1) is 14.8. The van der Waals surface area contributed by atoms with E-state index in [1.54, 1.807) is 6.33 Å². The average Bonchev–Trinajstić information content (AvgIpc) is 3.16. The van der Waals surface area contributed by atoms with Crippen molar-refractivity contribution in [2.45, 2.75) is 13.0 Å². The average molecular weight is 339 g/mol. The van der Waals surface area contributed by atoms with E-state index in [1.165, 1.54) is 0 Å². The first-order valence-electron chi connectivity index (χ1n) is 7.54. The Hall–Kier alpha value is -2.73. The van der Waals surface area contributed by atoms with Crippen LogP contribution in [0.4, 0.5) is 11.5 Å². The van der Waals surface area contributed by atoms with E-state index in [9.17, 15) is 0 Å². The molecule has 1 unspecified atom stereocenters. The number of halogens is 1. The fourth-order valence-electron chi connectivity index (χ4n) is 2.59. The molecule has 1 atom stereocenters. The van der Waals surface area contributed by atoms with Crippen molar-refractivity contribution in [1.29, 1.82) is 0 Å². The standard InChI is InChI=1S/C17H15ClN6/c1-10-3-8-13(20-10)15-22-16(14-17(23-15)24(2)9-19-14)21-12-6-4-11(18)5-7-12/h3-9,13H,1-2H3,(H,21,22,23). The maximum atomic E-state index is 5.95. The van der Waals surface area contributed by atoms with Crippen LogP contribution in [0, 0.1) is 0 Å². The lowest BCUT2D eigenvalue weighted by atomic mass is 10.2. The number of aryl methyl sites for hydroxylation is 1. The van der Waals surface area contributed by atoms with Crippen LogP contribution in [-0.4, -0.2) is 25.2 Å². The number of aliphatic imine (C=N–C) groups is 1. The van der Waals surface area contributed by atoms with Gasteiger partial charge in [0.05, 0.1) is 6.33 Å². The van der Waals surface area contributed by atoms with Gasteiger partial charge in [-0.1, -0.05) is 17.7 Å². The highest BCUT2D eigenvalue weighted by Gasteiger charge is 2.19. The molecule has 4 rings (SSSR count). The van der Waals surface area contributed by atoms with Crippen molar-refractivity contribution in [2.24, 2.45) is 12.0 Å². The fourth-order valence-corrected chi connectivity index (χ4v) is 2.72. The van der Waals surface area contributed by atoms with Crippen LogP contribution in [0.3, 0.4) is 0 Å². The number of hydrogen-bond acceptors (Lipinski definition) is 5. The van der Waals surface area contributed by atoms with Gasteiger partial charge in [0.25, 0.3) is 0 Å². The van der Waals surface area contributed by atoms with Gasteiger partial charge in [-0.25, -0.2) is 15.0 Å². The molecule has 0 bridgehead atoms. The molecule has 0 amide bonds. The van der Waals surface area contributed by atoms with Crippen molar-refractivity contribution in [3.8, 4) is 0 Å². The van der Waals surface area contributed by atoms with Crippen LogP contribution < -0.4 is 5.32 Å². The highest BCUT2D eigenvalue weighted by atomic mass is 35.5. The summed E-state index contributed by atoms with van der Waals surface area (Å²) in [4.78, 5) is 18.3. The lowest BCUT2D eigenvalue weighted by Gasteiger charge is -2.10. The Morgan fingerprint density at radius 2 is 1.96 bits per heavy atom. The van der Waals surface area contributed by atoms with Crippen molar-refractivity contribution in [2.75, 3.05) is 5.32 Å². The number of aromatic nitrogens is 4. The van der Waals surface area contributed by atoms with Gasteiger partial charge in [-0.15, -0.1) is 0 Å². The summed E-state index contributed by atoms with van der Waals surface area (Å²) in [6.07, 6.45) is 5.71. The van der Waals surface area contributed by atoms with Gasteiger partial charge in [0.1, 0.15) is 6.04 Å². The smallest absolute Gasteiger partial charge is 0.165 e. The highest BCUT2D eigenvalue weighted by molar-refractivity contribution is 6.30. The van der Waals surface area contributed by atoms with E-state index in [-0.39, 0.29) is 6.04 Å². The summed E-state index contributed by atoms with van der Waals surface area (Å²) >= 11 is 5.95. The van der Waals surface area contributed by atoms with E-state index in [0.717, 1.165) is 22.6 Å². The van der Waals surface area contributed by atoms with Gasteiger partial charge >= 0.3 is 0 Å². The molecule has 0 spiro atoms. The molecule has 120 valence electrons. The van der Waals surface area contributed by atoms with E-state index in [2.05, 4.69) is 25.3 Å². The van der Waals surface area contributed by atoms with Gasteiger partial charge < -0.3 is 9.88 Å². The molecule has 0 saturated carbocycles. The number of allylic oxidation sites excluding steroid dienone is 1. The van der Waals surface area contributed by atoms with Crippen LogP contribution in [-0.2, 0) is 7.05 Å². The molecule has 1 aliphatic rings. The molecule has 1 N–H and O–H groups in total. The summed E-state index contributed by atoms with van der Waals surface area (Å²) in [6, 6.07) is 7.30. The number of rotatable bonds is 3. The minimum Gasteiger partial charge on any atom is -0.338 e. The third-order valence-corrected chi connectivity index (χ3v) is 4.06.